The van der Waals surface area contributed by atoms with E-state index in [1.54, 1.807) is 17.0 Å². The molecule has 3 amide bonds. The lowest BCUT2D eigenvalue weighted by molar-refractivity contribution is -0.603. The van der Waals surface area contributed by atoms with Gasteiger partial charge in [-0.1, -0.05) is 5.16 Å². The van der Waals surface area contributed by atoms with E-state index in [2.05, 4.69) is 29.2 Å². The number of rotatable bonds is 9. The molecule has 0 spiro atoms. The second kappa shape index (κ2) is 11.2. The summed E-state index contributed by atoms with van der Waals surface area (Å²) in [5.41, 5.74) is 10.6. The quantitative estimate of drug-likeness (QED) is 0.100. The third-order valence-corrected chi connectivity index (χ3v) is 9.25. The van der Waals surface area contributed by atoms with Crippen molar-refractivity contribution in [2.75, 3.05) is 18.6 Å². The summed E-state index contributed by atoms with van der Waals surface area (Å²) in [6.45, 7) is 0. The Labute approximate surface area is 240 Å². The van der Waals surface area contributed by atoms with Crippen molar-refractivity contribution in [3.63, 3.8) is 0 Å². The highest BCUT2D eigenvalue weighted by Crippen LogP contribution is 2.45. The number of fused-ring (bicyclic) bond motifs is 1. The molecule has 1 unspecified atom stereocenters. The number of aromatic nitrogens is 5. The van der Waals surface area contributed by atoms with Crippen LogP contribution in [0.5, 0.6) is 0 Å². The molecule has 20 heteroatoms. The van der Waals surface area contributed by atoms with Gasteiger partial charge < -0.3 is 31.5 Å². The number of oxime groups is 1. The predicted octanol–water partition coefficient (Wildman–Crippen LogP) is -2.15. The van der Waals surface area contributed by atoms with Crippen molar-refractivity contribution in [3.8, 4) is 5.95 Å². The number of thioether (sulfide) groups is 2. The summed E-state index contributed by atoms with van der Waals surface area (Å²) in [6.07, 6.45) is 3.14. The number of carbonyl (C=O) groups is 4. The third-order valence-electron chi connectivity index (χ3n) is 5.42. The maximum atomic E-state index is 13.0. The zero-order valence-electron chi connectivity index (χ0n) is 20.0. The molecule has 1 saturated heterocycles. The van der Waals surface area contributed by atoms with Gasteiger partial charge in [0, 0.05) is 32.1 Å². The molecular weight excluding hydrogens is 605 g/mol. The van der Waals surface area contributed by atoms with Crippen molar-refractivity contribution in [1.29, 1.82) is 0 Å². The number of anilines is 1. The molecule has 2 aliphatic heterocycles. The van der Waals surface area contributed by atoms with E-state index in [9.17, 15) is 24.3 Å². The van der Waals surface area contributed by atoms with Crippen LogP contribution in [0.3, 0.4) is 0 Å². The lowest BCUT2D eigenvalue weighted by atomic mass is 10.0. The van der Waals surface area contributed by atoms with Gasteiger partial charge in [-0.15, -0.1) is 11.8 Å². The molecule has 206 valence electrons. The Hall–Kier alpha value is -4.14. The molecule has 3 aromatic heterocycles. The fourth-order valence-corrected chi connectivity index (χ4v) is 7.32. The van der Waals surface area contributed by atoms with Gasteiger partial charge in [-0.3, -0.25) is 19.3 Å². The van der Waals surface area contributed by atoms with Crippen LogP contribution in [0.1, 0.15) is 16.2 Å². The van der Waals surface area contributed by atoms with E-state index in [4.69, 9.17) is 16.3 Å². The minimum absolute atomic E-state index is 0.0748. The highest BCUT2D eigenvalue weighted by Gasteiger charge is 2.53. The number of hydrogen-bond acceptors (Lipinski definition) is 16. The monoisotopic (exact) mass is 620 g/mol. The molecule has 5 N–H and O–H groups in total. The van der Waals surface area contributed by atoms with Gasteiger partial charge in [0.05, 0.1) is 24.1 Å². The first-order valence-corrected chi connectivity index (χ1v) is 14.3. The smallest absolute Gasteiger partial charge is 0.451 e. The highest BCUT2D eigenvalue weighted by molar-refractivity contribution is 8.07. The summed E-state index contributed by atoms with van der Waals surface area (Å²) in [5, 5.41) is 17.7. The Bertz CT molecular complexity index is 1590. The van der Waals surface area contributed by atoms with Crippen LogP contribution in [0, 0.1) is 0 Å². The fourth-order valence-electron chi connectivity index (χ4n) is 3.65. The van der Waals surface area contributed by atoms with Crippen molar-refractivity contribution in [2.24, 2.45) is 10.9 Å². The summed E-state index contributed by atoms with van der Waals surface area (Å²) in [7, 11) is 1.23. The zero-order chi connectivity index (χ0) is 28.6. The number of carboxylic acids is 1. The Kier molecular flexibility index (Phi) is 7.65. The minimum Gasteiger partial charge on any atom is -0.543 e. The maximum Gasteiger partial charge on any atom is 0.451 e. The van der Waals surface area contributed by atoms with Crippen LogP contribution in [0.4, 0.5) is 5.13 Å². The molecule has 5 rings (SSSR count). The first-order valence-electron chi connectivity index (χ1n) is 10.9. The number of β-lactam (4-membered cyclic amide) rings is 1. The predicted molar refractivity (Wildman–Crippen MR) is 141 cm³/mol. The van der Waals surface area contributed by atoms with E-state index in [0.717, 1.165) is 39.7 Å². The Morgan fingerprint density at radius 2 is 2.00 bits per heavy atom. The molecule has 16 nitrogen and oxygen atoms in total. The van der Waals surface area contributed by atoms with E-state index in [1.165, 1.54) is 31.0 Å². The molecule has 0 aromatic carbocycles. The number of pyridine rings is 1. The van der Waals surface area contributed by atoms with Gasteiger partial charge in [0.1, 0.15) is 30.1 Å². The SMILES string of the molecule is CO/N=C(/C(=O)N[C@@H]1C(=O)N2C(C(=O)[O-])=C(Sc3nc(-[n+]4ccc(C(N)=O)cc4)ns3)CSC12)c1nsc(N)n1. The van der Waals surface area contributed by atoms with Crippen molar-refractivity contribution in [3.05, 3.63) is 46.5 Å². The number of hydrogen-bond donors (Lipinski definition) is 3. The van der Waals surface area contributed by atoms with E-state index in [-0.39, 0.29) is 28.1 Å². The molecule has 5 heterocycles. The number of nitrogens with two attached hydrogens (primary N) is 2. The number of nitrogens with one attached hydrogen (secondary N) is 1. The van der Waals surface area contributed by atoms with Crippen molar-refractivity contribution < 1.29 is 33.7 Å². The number of nitrogens with zero attached hydrogens (tertiary/aromatic N) is 7. The molecule has 3 aromatic rings. The molecule has 0 aliphatic carbocycles. The number of amides is 3. The zero-order valence-corrected chi connectivity index (χ0v) is 23.3. The molecule has 0 bridgehead atoms. The lowest BCUT2D eigenvalue weighted by Gasteiger charge is -2.50. The number of nitrogen functional groups attached to an aromatic ring is 1. The number of primary amides is 1. The van der Waals surface area contributed by atoms with Gasteiger partial charge in [-0.2, -0.15) is 9.36 Å². The van der Waals surface area contributed by atoms with Crippen molar-refractivity contribution in [1.82, 2.24) is 28.9 Å². The van der Waals surface area contributed by atoms with Crippen LogP contribution >= 0.6 is 46.6 Å². The fraction of sp³-hybridized carbons (Fsp3) is 0.200. The first kappa shape index (κ1) is 27.4. The van der Waals surface area contributed by atoms with E-state index in [1.807, 2.05) is 0 Å². The Morgan fingerprint density at radius 3 is 2.62 bits per heavy atom. The number of carbonyl (C=O) groups excluding carboxylic acids is 4. The summed E-state index contributed by atoms with van der Waals surface area (Å²) in [6, 6.07) is 1.99. The standard InChI is InChI=1S/C20H16N10O6S4/c1-36-26-9(13-24-18(22)39-27-13)14(32)23-10-15(33)30-11(17(34)35)8(6-37-16(10)30)38-20-25-19(28-40-20)29-4-2-7(3-5-29)12(21)31/h2-5,10,16H,6H2,1H3,(H5-,21,22,23,24,27,31,32,34,35)/b26-9+/t10-,16?/m1/s1. The summed E-state index contributed by atoms with van der Waals surface area (Å²) in [5.74, 6) is -3.13. The normalized spacial score (nSPS) is 18.7. The first-order chi connectivity index (χ1) is 19.2. The van der Waals surface area contributed by atoms with Crippen LogP contribution in [0.25, 0.3) is 5.95 Å². The van der Waals surface area contributed by atoms with Crippen molar-refractivity contribution in [2.45, 2.75) is 15.8 Å². The van der Waals surface area contributed by atoms with Crippen molar-refractivity contribution >= 4 is 81.1 Å². The second-order valence-corrected chi connectivity index (χ2v) is 11.8. The molecule has 2 atom stereocenters. The third kappa shape index (κ3) is 5.20. The highest BCUT2D eigenvalue weighted by atomic mass is 32.2. The topological polar surface area (TPSA) is 236 Å². The average molecular weight is 621 g/mol. The summed E-state index contributed by atoms with van der Waals surface area (Å²) in [4.78, 5) is 63.7. The largest absolute Gasteiger partial charge is 0.543 e. The average Bonchev–Trinajstić information content (AvgIpc) is 3.58. The van der Waals surface area contributed by atoms with Crippen LogP contribution in [0.2, 0.25) is 0 Å². The van der Waals surface area contributed by atoms with Gasteiger partial charge in [-0.25, -0.2) is 4.57 Å². The lowest BCUT2D eigenvalue weighted by Crippen LogP contribution is -2.71. The van der Waals surface area contributed by atoms with Crippen LogP contribution in [-0.2, 0) is 19.2 Å². The van der Waals surface area contributed by atoms with Gasteiger partial charge in [0.2, 0.25) is 17.4 Å². The second-order valence-electron chi connectivity index (χ2n) is 7.82. The number of aliphatic carboxylic acids is 1. The van der Waals surface area contributed by atoms with Crippen LogP contribution in [0.15, 0.2) is 44.6 Å². The summed E-state index contributed by atoms with van der Waals surface area (Å²) >= 11 is 4.18. The molecule has 0 radical (unpaired) electrons. The van der Waals surface area contributed by atoms with Gasteiger partial charge in [0.25, 0.3) is 16.2 Å². The molecule has 0 saturated carbocycles. The van der Waals surface area contributed by atoms with Crippen LogP contribution in [-0.4, -0.2) is 77.3 Å². The van der Waals surface area contributed by atoms with E-state index < -0.39 is 35.1 Å². The van der Waals surface area contributed by atoms with Gasteiger partial charge in [-0.05, 0) is 28.9 Å². The maximum absolute atomic E-state index is 13.0. The molecular formula is C20H16N10O6S4. The molecule has 1 fully saturated rings. The van der Waals surface area contributed by atoms with E-state index >= 15 is 0 Å². The summed E-state index contributed by atoms with van der Waals surface area (Å²) < 4.78 is 10.2. The van der Waals surface area contributed by atoms with E-state index in [0.29, 0.717) is 20.8 Å². The van der Waals surface area contributed by atoms with Gasteiger partial charge >= 0.3 is 5.95 Å². The van der Waals surface area contributed by atoms with Gasteiger partial charge in [0.15, 0.2) is 5.13 Å². The molecule has 2 aliphatic rings. The minimum atomic E-state index is -1.55. The van der Waals surface area contributed by atoms with Crippen LogP contribution < -0.4 is 26.5 Å². The number of carboxylic acid groups (broad SMARTS) is 1. The Balaban J connectivity index is 1.32. The Morgan fingerprint density at radius 1 is 1.25 bits per heavy atom. The molecule has 40 heavy (non-hydrogen) atoms.